The summed E-state index contributed by atoms with van der Waals surface area (Å²) in [5.41, 5.74) is 0.561. The van der Waals surface area contributed by atoms with Gasteiger partial charge in [0.25, 0.3) is 0 Å². The van der Waals surface area contributed by atoms with E-state index in [1.54, 1.807) is 12.1 Å². The van der Waals surface area contributed by atoms with Crippen LogP contribution in [0.3, 0.4) is 0 Å². The molecule has 0 radical (unpaired) electrons. The summed E-state index contributed by atoms with van der Waals surface area (Å²) in [6.07, 6.45) is 4.90. The fraction of sp³-hybridized carbons (Fsp3) is 0.438. The molecule has 1 saturated heterocycles. The minimum atomic E-state index is -0.316. The molecule has 1 aliphatic heterocycles. The number of piperidine rings is 1. The molecule has 1 aromatic heterocycles. The molecule has 2 heterocycles. The summed E-state index contributed by atoms with van der Waals surface area (Å²) >= 11 is 0. The third-order valence-electron chi connectivity index (χ3n) is 3.89. The van der Waals surface area contributed by atoms with Gasteiger partial charge in [-0.05, 0) is 50.1 Å². The number of hydrogen-bond donors (Lipinski definition) is 1. The Morgan fingerprint density at radius 1 is 1.35 bits per heavy atom. The van der Waals surface area contributed by atoms with Crippen molar-refractivity contribution in [2.45, 2.75) is 38.1 Å². The Morgan fingerprint density at radius 2 is 2.25 bits per heavy atom. The van der Waals surface area contributed by atoms with Gasteiger partial charge in [0.05, 0.1) is 0 Å². The maximum absolute atomic E-state index is 13.1. The number of hydrogen-bond acceptors (Lipinski definition) is 3. The summed E-state index contributed by atoms with van der Waals surface area (Å²) in [5, 5.41) is 4.07. The monoisotopic (exact) mass is 275 g/mol. The summed E-state index contributed by atoms with van der Waals surface area (Å²) in [4.78, 5) is 12.1. The zero-order chi connectivity index (χ0) is 13.9. The van der Waals surface area contributed by atoms with Crippen molar-refractivity contribution in [2.75, 3.05) is 6.54 Å². The molecule has 0 aliphatic carbocycles. The van der Waals surface area contributed by atoms with Crippen LogP contribution in [-0.2, 0) is 0 Å². The predicted octanol–water partition coefficient (Wildman–Crippen LogP) is 3.68. The van der Waals surface area contributed by atoms with Crippen molar-refractivity contribution >= 4 is 16.8 Å². The molecule has 1 fully saturated rings. The Balaban J connectivity index is 1.65. The van der Waals surface area contributed by atoms with E-state index in [-0.39, 0.29) is 11.6 Å². The first-order valence-electron chi connectivity index (χ1n) is 7.18. The van der Waals surface area contributed by atoms with E-state index in [2.05, 4.69) is 5.32 Å². The minimum Gasteiger partial charge on any atom is -0.453 e. The zero-order valence-electron chi connectivity index (χ0n) is 11.3. The first-order valence-corrected chi connectivity index (χ1v) is 7.18. The Hall–Kier alpha value is -1.68. The summed E-state index contributed by atoms with van der Waals surface area (Å²) in [6.45, 7) is 1.04. The molecule has 1 N–H and O–H groups in total. The molecule has 1 aromatic carbocycles. The highest BCUT2D eigenvalue weighted by Crippen LogP contribution is 2.22. The number of carbonyl (C=O) groups is 1. The molecule has 2 aromatic rings. The summed E-state index contributed by atoms with van der Waals surface area (Å²) in [5.74, 6) is 0.0131. The number of nitrogens with one attached hydrogen (secondary N) is 1. The van der Waals surface area contributed by atoms with Crippen LogP contribution >= 0.6 is 0 Å². The highest BCUT2D eigenvalue weighted by atomic mass is 19.1. The van der Waals surface area contributed by atoms with E-state index in [0.717, 1.165) is 19.4 Å². The highest BCUT2D eigenvalue weighted by Gasteiger charge is 2.17. The maximum atomic E-state index is 13.1. The van der Waals surface area contributed by atoms with E-state index in [1.165, 1.54) is 25.0 Å². The van der Waals surface area contributed by atoms with Crippen LogP contribution in [0, 0.1) is 5.82 Å². The summed E-state index contributed by atoms with van der Waals surface area (Å²) < 4.78 is 18.6. The second kappa shape index (κ2) is 5.75. The van der Waals surface area contributed by atoms with Crippen molar-refractivity contribution < 1.29 is 13.6 Å². The topological polar surface area (TPSA) is 42.2 Å². The van der Waals surface area contributed by atoms with Crippen LogP contribution < -0.4 is 5.32 Å². The van der Waals surface area contributed by atoms with Crippen molar-refractivity contribution in [1.29, 1.82) is 0 Å². The van der Waals surface area contributed by atoms with Gasteiger partial charge >= 0.3 is 0 Å². The Kier molecular flexibility index (Phi) is 3.83. The Bertz CT molecular complexity index is 614. The van der Waals surface area contributed by atoms with Gasteiger partial charge in [-0.1, -0.05) is 6.42 Å². The van der Waals surface area contributed by atoms with Crippen molar-refractivity contribution in [3.05, 3.63) is 35.8 Å². The van der Waals surface area contributed by atoms with Gasteiger partial charge in [0.1, 0.15) is 11.4 Å². The number of ketones is 1. The van der Waals surface area contributed by atoms with Crippen LogP contribution in [0.5, 0.6) is 0 Å². The number of benzene rings is 1. The van der Waals surface area contributed by atoms with Crippen LogP contribution in [0.25, 0.3) is 11.0 Å². The van der Waals surface area contributed by atoms with E-state index < -0.39 is 0 Å². The highest BCUT2D eigenvalue weighted by molar-refractivity contribution is 5.97. The van der Waals surface area contributed by atoms with Gasteiger partial charge in [0.2, 0.25) is 0 Å². The first kappa shape index (κ1) is 13.3. The van der Waals surface area contributed by atoms with Crippen molar-refractivity contribution in [1.82, 2.24) is 5.32 Å². The lowest BCUT2D eigenvalue weighted by atomic mass is 9.99. The molecule has 0 bridgehead atoms. The van der Waals surface area contributed by atoms with E-state index in [0.29, 0.717) is 29.2 Å². The lowest BCUT2D eigenvalue weighted by Gasteiger charge is -2.22. The number of Topliss-reactive ketones (excluding diaryl/α,β-unsaturated/α-hetero) is 1. The molecule has 1 aliphatic rings. The molecule has 20 heavy (non-hydrogen) atoms. The van der Waals surface area contributed by atoms with Gasteiger partial charge in [-0.2, -0.15) is 0 Å². The van der Waals surface area contributed by atoms with E-state index in [4.69, 9.17) is 4.42 Å². The SMILES string of the molecule is O=C(CCC1CCCCN1)c1cc2cc(F)ccc2o1. The van der Waals surface area contributed by atoms with Crippen molar-refractivity contribution in [3.8, 4) is 0 Å². The maximum Gasteiger partial charge on any atom is 0.198 e. The van der Waals surface area contributed by atoms with E-state index in [1.807, 2.05) is 0 Å². The van der Waals surface area contributed by atoms with Gasteiger partial charge in [0.15, 0.2) is 11.5 Å². The minimum absolute atomic E-state index is 0.00557. The van der Waals surface area contributed by atoms with E-state index in [9.17, 15) is 9.18 Å². The molecule has 106 valence electrons. The Morgan fingerprint density at radius 3 is 3.05 bits per heavy atom. The first-order chi connectivity index (χ1) is 9.72. The largest absolute Gasteiger partial charge is 0.453 e. The van der Waals surface area contributed by atoms with Gasteiger partial charge in [-0.3, -0.25) is 4.79 Å². The second-order valence-corrected chi connectivity index (χ2v) is 5.40. The molecule has 0 saturated carbocycles. The van der Waals surface area contributed by atoms with Gasteiger partial charge < -0.3 is 9.73 Å². The fourth-order valence-corrected chi connectivity index (χ4v) is 2.75. The molecular formula is C16H18FNO2. The number of halogens is 1. The van der Waals surface area contributed by atoms with Gasteiger partial charge in [0, 0.05) is 17.8 Å². The van der Waals surface area contributed by atoms with Crippen LogP contribution in [0.2, 0.25) is 0 Å². The average molecular weight is 275 g/mol. The Labute approximate surface area is 117 Å². The third-order valence-corrected chi connectivity index (χ3v) is 3.89. The molecule has 4 heteroatoms. The predicted molar refractivity (Wildman–Crippen MR) is 75.4 cm³/mol. The summed E-state index contributed by atoms with van der Waals surface area (Å²) in [6, 6.07) is 6.36. The van der Waals surface area contributed by atoms with E-state index >= 15 is 0 Å². The zero-order valence-corrected chi connectivity index (χ0v) is 11.3. The second-order valence-electron chi connectivity index (χ2n) is 5.40. The summed E-state index contributed by atoms with van der Waals surface area (Å²) in [7, 11) is 0. The van der Waals surface area contributed by atoms with Crippen LogP contribution in [0.1, 0.15) is 42.7 Å². The lowest BCUT2D eigenvalue weighted by Crippen LogP contribution is -2.34. The standard InChI is InChI=1S/C16H18FNO2/c17-12-4-7-15-11(9-12)10-16(20-15)14(19)6-5-13-3-1-2-8-18-13/h4,7,9-10,13,18H,1-3,5-6,8H2. The van der Waals surface area contributed by atoms with Crippen molar-refractivity contribution in [2.24, 2.45) is 0 Å². The average Bonchev–Trinajstić information content (AvgIpc) is 2.89. The van der Waals surface area contributed by atoms with Gasteiger partial charge in [-0.15, -0.1) is 0 Å². The number of rotatable bonds is 4. The van der Waals surface area contributed by atoms with Crippen LogP contribution in [-0.4, -0.2) is 18.4 Å². The van der Waals surface area contributed by atoms with Crippen LogP contribution in [0.4, 0.5) is 4.39 Å². The fourth-order valence-electron chi connectivity index (χ4n) is 2.75. The number of fused-ring (bicyclic) bond motifs is 1. The molecular weight excluding hydrogens is 257 g/mol. The quantitative estimate of drug-likeness (QED) is 0.865. The molecule has 0 amide bonds. The third kappa shape index (κ3) is 2.90. The molecule has 3 rings (SSSR count). The molecule has 1 atom stereocenters. The number of furan rings is 1. The molecule has 1 unspecified atom stereocenters. The number of carbonyl (C=O) groups excluding carboxylic acids is 1. The normalized spacial score (nSPS) is 19.4. The molecule has 3 nitrogen and oxygen atoms in total. The van der Waals surface area contributed by atoms with Crippen LogP contribution in [0.15, 0.2) is 28.7 Å². The lowest BCUT2D eigenvalue weighted by molar-refractivity contribution is 0.0949. The molecule has 0 spiro atoms. The smallest absolute Gasteiger partial charge is 0.198 e. The van der Waals surface area contributed by atoms with Gasteiger partial charge in [-0.25, -0.2) is 4.39 Å². The van der Waals surface area contributed by atoms with Crippen molar-refractivity contribution in [3.63, 3.8) is 0 Å².